The van der Waals surface area contributed by atoms with E-state index in [0.29, 0.717) is 11.3 Å². The fourth-order valence-corrected chi connectivity index (χ4v) is 3.86. The number of rotatable bonds is 5. The fourth-order valence-electron chi connectivity index (χ4n) is 3.86. The van der Waals surface area contributed by atoms with Crippen LogP contribution < -0.4 is 16.0 Å². The Morgan fingerprint density at radius 3 is 2.50 bits per heavy atom. The summed E-state index contributed by atoms with van der Waals surface area (Å²) in [6.45, 7) is 4.25. The molecule has 7 nitrogen and oxygen atoms in total. The van der Waals surface area contributed by atoms with Crippen molar-refractivity contribution >= 4 is 0 Å². The van der Waals surface area contributed by atoms with E-state index in [0.717, 1.165) is 43.8 Å². The van der Waals surface area contributed by atoms with E-state index in [1.165, 1.54) is 0 Å². The smallest absolute Gasteiger partial charge is 0.328 e. The van der Waals surface area contributed by atoms with Crippen molar-refractivity contribution in [2.24, 2.45) is 0 Å². The Hall–Kier alpha value is -3.32. The number of aromatic amines is 1. The molecule has 2 N–H and O–H groups in total. The monoisotopic (exact) mass is 407 g/mol. The van der Waals surface area contributed by atoms with Gasteiger partial charge in [0.25, 0.3) is 5.56 Å². The Kier molecular flexibility index (Phi) is 5.72. The third kappa shape index (κ3) is 4.63. The van der Waals surface area contributed by atoms with Crippen molar-refractivity contribution in [3.8, 4) is 17.2 Å². The molecule has 4 rings (SSSR count). The second-order valence-electron chi connectivity index (χ2n) is 7.73. The minimum absolute atomic E-state index is 0.102. The summed E-state index contributed by atoms with van der Waals surface area (Å²) in [5.41, 5.74) is 1.05. The van der Waals surface area contributed by atoms with E-state index in [2.05, 4.69) is 16.0 Å². The number of aromatic nitrogens is 2. The number of likely N-dealkylation sites (tertiary alicyclic amines) is 1. The quantitative estimate of drug-likeness (QED) is 0.678. The first kappa shape index (κ1) is 20.0. The number of hydrogen-bond acceptors (Lipinski definition) is 5. The van der Waals surface area contributed by atoms with Crippen LogP contribution in [0.4, 0.5) is 0 Å². The first-order valence-corrected chi connectivity index (χ1v) is 10.1. The van der Waals surface area contributed by atoms with Crippen LogP contribution in [0.3, 0.4) is 0 Å². The minimum atomic E-state index is -0.333. The third-order valence-electron chi connectivity index (χ3n) is 5.45. The third-order valence-corrected chi connectivity index (χ3v) is 5.45. The number of nitrogens with zero attached hydrogens (tertiary/aromatic N) is 2. The summed E-state index contributed by atoms with van der Waals surface area (Å²) in [6, 6.07) is 14.8. The Morgan fingerprint density at radius 2 is 1.77 bits per heavy atom. The minimum Gasteiger partial charge on any atom is -0.508 e. The predicted molar refractivity (Wildman–Crippen MR) is 114 cm³/mol. The Bertz CT molecular complexity index is 1140. The van der Waals surface area contributed by atoms with Crippen molar-refractivity contribution in [1.82, 2.24) is 14.5 Å². The van der Waals surface area contributed by atoms with Gasteiger partial charge in [-0.05, 0) is 49.6 Å². The molecule has 1 aliphatic heterocycles. The molecule has 7 heteroatoms. The molecule has 156 valence electrons. The molecule has 1 saturated heterocycles. The van der Waals surface area contributed by atoms with Crippen LogP contribution in [0.2, 0.25) is 0 Å². The SMILES string of the molecule is Cc1cn(C2CCN(Cc3cccc(Oc4cccc(O)c4)c3)CC2)c(=O)[nH]c1=O. The van der Waals surface area contributed by atoms with Gasteiger partial charge in [-0.2, -0.15) is 0 Å². The topological polar surface area (TPSA) is 87.6 Å². The summed E-state index contributed by atoms with van der Waals surface area (Å²) in [5, 5.41) is 9.59. The molecule has 0 atom stereocenters. The summed E-state index contributed by atoms with van der Waals surface area (Å²) in [6.07, 6.45) is 3.37. The molecule has 0 radical (unpaired) electrons. The first-order chi connectivity index (χ1) is 14.5. The highest BCUT2D eigenvalue weighted by atomic mass is 16.5. The molecule has 2 aromatic carbocycles. The second-order valence-corrected chi connectivity index (χ2v) is 7.73. The maximum atomic E-state index is 12.1. The van der Waals surface area contributed by atoms with Gasteiger partial charge in [0, 0.05) is 43.5 Å². The molecule has 2 heterocycles. The van der Waals surface area contributed by atoms with Gasteiger partial charge < -0.3 is 9.84 Å². The lowest BCUT2D eigenvalue weighted by molar-refractivity contribution is 0.176. The maximum Gasteiger partial charge on any atom is 0.328 e. The van der Waals surface area contributed by atoms with Crippen LogP contribution >= 0.6 is 0 Å². The van der Waals surface area contributed by atoms with Crippen LogP contribution in [-0.2, 0) is 6.54 Å². The van der Waals surface area contributed by atoms with Gasteiger partial charge in [-0.1, -0.05) is 18.2 Å². The number of nitrogens with one attached hydrogen (secondary N) is 1. The molecule has 3 aromatic rings. The number of aromatic hydroxyl groups is 1. The zero-order chi connectivity index (χ0) is 21.1. The van der Waals surface area contributed by atoms with E-state index < -0.39 is 0 Å². The maximum absolute atomic E-state index is 12.1. The first-order valence-electron chi connectivity index (χ1n) is 10.1. The van der Waals surface area contributed by atoms with E-state index in [1.54, 1.807) is 42.0 Å². The Balaban J connectivity index is 1.38. The van der Waals surface area contributed by atoms with Gasteiger partial charge >= 0.3 is 5.69 Å². The fraction of sp³-hybridized carbons (Fsp3) is 0.304. The molecule has 0 unspecified atom stereocenters. The van der Waals surface area contributed by atoms with Crippen LogP contribution in [-0.4, -0.2) is 32.6 Å². The average molecular weight is 407 g/mol. The van der Waals surface area contributed by atoms with Gasteiger partial charge in [0.1, 0.15) is 17.2 Å². The largest absolute Gasteiger partial charge is 0.508 e. The highest BCUT2D eigenvalue weighted by Crippen LogP contribution is 2.27. The van der Waals surface area contributed by atoms with Crippen molar-refractivity contribution in [2.75, 3.05) is 13.1 Å². The summed E-state index contributed by atoms with van der Waals surface area (Å²) in [5.74, 6) is 1.49. The van der Waals surface area contributed by atoms with Crippen LogP contribution in [0.25, 0.3) is 0 Å². The van der Waals surface area contributed by atoms with Gasteiger partial charge in [0.15, 0.2) is 0 Å². The zero-order valence-electron chi connectivity index (χ0n) is 16.9. The predicted octanol–water partition coefficient (Wildman–Crippen LogP) is 3.18. The number of piperidine rings is 1. The molecule has 30 heavy (non-hydrogen) atoms. The number of phenols is 1. The van der Waals surface area contributed by atoms with E-state index in [-0.39, 0.29) is 23.0 Å². The standard InChI is InChI=1S/C23H25N3O4/c1-16-14-26(23(29)24-22(16)28)18-8-10-25(11-9-18)15-17-4-2-6-20(12-17)30-21-7-3-5-19(27)13-21/h2-7,12-14,18,27H,8-11,15H2,1H3,(H,24,28,29). The van der Waals surface area contributed by atoms with Crippen molar-refractivity contribution in [1.29, 1.82) is 0 Å². The lowest BCUT2D eigenvalue weighted by Gasteiger charge is -2.32. The average Bonchev–Trinajstić information content (AvgIpc) is 2.72. The van der Waals surface area contributed by atoms with Crippen molar-refractivity contribution in [3.05, 3.63) is 86.7 Å². The lowest BCUT2D eigenvalue weighted by atomic mass is 10.0. The summed E-state index contributed by atoms with van der Waals surface area (Å²) >= 11 is 0. The number of aryl methyl sites for hydroxylation is 1. The van der Waals surface area contributed by atoms with Crippen molar-refractivity contribution in [2.45, 2.75) is 32.4 Å². The van der Waals surface area contributed by atoms with Crippen LogP contribution in [0.15, 0.2) is 64.3 Å². The number of benzene rings is 2. The second kappa shape index (κ2) is 8.59. The van der Waals surface area contributed by atoms with Gasteiger partial charge in [-0.3, -0.25) is 19.2 Å². The lowest BCUT2D eigenvalue weighted by Crippen LogP contribution is -2.39. The Labute approximate surface area is 174 Å². The molecule has 1 aromatic heterocycles. The van der Waals surface area contributed by atoms with Crippen LogP contribution in [0, 0.1) is 6.92 Å². The van der Waals surface area contributed by atoms with Gasteiger partial charge in [0.05, 0.1) is 0 Å². The molecular formula is C23H25N3O4. The van der Waals surface area contributed by atoms with Crippen molar-refractivity contribution in [3.63, 3.8) is 0 Å². The van der Waals surface area contributed by atoms with E-state index in [4.69, 9.17) is 4.74 Å². The molecule has 0 spiro atoms. The highest BCUT2D eigenvalue weighted by molar-refractivity contribution is 5.37. The molecule has 1 fully saturated rings. The molecule has 1 aliphatic rings. The van der Waals surface area contributed by atoms with Gasteiger partial charge in [-0.25, -0.2) is 4.79 Å². The summed E-state index contributed by atoms with van der Waals surface area (Å²) < 4.78 is 7.52. The van der Waals surface area contributed by atoms with Crippen LogP contribution in [0.5, 0.6) is 17.2 Å². The molecule has 0 saturated carbocycles. The number of hydrogen-bond donors (Lipinski definition) is 2. The normalized spacial score (nSPS) is 15.2. The zero-order valence-corrected chi connectivity index (χ0v) is 16.9. The van der Waals surface area contributed by atoms with E-state index >= 15 is 0 Å². The van der Waals surface area contributed by atoms with Crippen LogP contribution in [0.1, 0.15) is 30.0 Å². The molecule has 0 amide bonds. The van der Waals surface area contributed by atoms with Gasteiger partial charge in [0.2, 0.25) is 0 Å². The van der Waals surface area contributed by atoms with E-state index in [9.17, 15) is 14.7 Å². The van der Waals surface area contributed by atoms with Gasteiger partial charge in [-0.15, -0.1) is 0 Å². The number of ether oxygens (including phenoxy) is 1. The highest BCUT2D eigenvalue weighted by Gasteiger charge is 2.22. The molecule has 0 aliphatic carbocycles. The Morgan fingerprint density at radius 1 is 1.07 bits per heavy atom. The molecule has 0 bridgehead atoms. The van der Waals surface area contributed by atoms with Crippen molar-refractivity contribution < 1.29 is 9.84 Å². The number of H-pyrrole nitrogens is 1. The summed E-state index contributed by atoms with van der Waals surface area (Å²) in [4.78, 5) is 28.5. The summed E-state index contributed by atoms with van der Waals surface area (Å²) in [7, 11) is 0. The van der Waals surface area contributed by atoms with E-state index in [1.807, 2.05) is 18.2 Å². The molecular weight excluding hydrogens is 382 g/mol. The number of phenolic OH excluding ortho intramolecular Hbond substituents is 1.